The average molecular weight is 449 g/mol. The molecule has 1 aliphatic heterocycles. The van der Waals surface area contributed by atoms with Crippen molar-refractivity contribution in [3.63, 3.8) is 0 Å². The molecule has 168 valence electrons. The fraction of sp³-hybridized carbons (Fsp3) is 0.300. The Balaban J connectivity index is 1.69. The number of halogens is 3. The van der Waals surface area contributed by atoms with Gasteiger partial charge in [0.1, 0.15) is 12.2 Å². The van der Waals surface area contributed by atoms with Gasteiger partial charge >= 0.3 is 6.18 Å². The van der Waals surface area contributed by atoms with Gasteiger partial charge in [0.25, 0.3) is 11.8 Å². The first-order chi connectivity index (χ1) is 15.3. The van der Waals surface area contributed by atoms with E-state index in [1.807, 2.05) is 0 Å². The van der Waals surface area contributed by atoms with Crippen LogP contribution in [0.2, 0.25) is 0 Å². The van der Waals surface area contributed by atoms with Gasteiger partial charge in [0.2, 0.25) is 0 Å². The van der Waals surface area contributed by atoms with Crippen LogP contribution in [0.1, 0.15) is 22.3 Å². The van der Waals surface area contributed by atoms with Crippen LogP contribution in [-0.4, -0.2) is 53.2 Å². The van der Waals surface area contributed by atoms with E-state index in [1.54, 1.807) is 24.4 Å². The predicted octanol–water partition coefficient (Wildman–Crippen LogP) is 3.23. The Bertz CT molecular complexity index is 1160. The third-order valence-electron chi connectivity index (χ3n) is 4.83. The summed E-state index contributed by atoms with van der Waals surface area (Å²) in [4.78, 5) is 23.0. The van der Waals surface area contributed by atoms with E-state index in [0.717, 1.165) is 6.20 Å². The molecule has 0 aliphatic carbocycles. The zero-order chi connectivity index (χ0) is 23.0. The summed E-state index contributed by atoms with van der Waals surface area (Å²) < 4.78 is 54.6. The van der Waals surface area contributed by atoms with Crippen LogP contribution >= 0.6 is 0 Å². The number of alkyl halides is 3. The summed E-state index contributed by atoms with van der Waals surface area (Å²) in [6.07, 6.45) is -1.50. The third kappa shape index (κ3) is 3.84. The van der Waals surface area contributed by atoms with Crippen LogP contribution in [0.15, 0.2) is 36.8 Å². The summed E-state index contributed by atoms with van der Waals surface area (Å²) in [5.41, 5.74) is 1.88. The highest BCUT2D eigenvalue weighted by molar-refractivity contribution is 6.10. The Morgan fingerprint density at radius 2 is 1.91 bits per heavy atom. The van der Waals surface area contributed by atoms with Gasteiger partial charge in [-0.3, -0.25) is 14.4 Å². The molecule has 0 saturated heterocycles. The van der Waals surface area contributed by atoms with E-state index in [9.17, 15) is 18.0 Å². The fourth-order valence-corrected chi connectivity index (χ4v) is 3.45. The average Bonchev–Trinajstić information content (AvgIpc) is 3.32. The molecule has 4 rings (SSSR count). The van der Waals surface area contributed by atoms with E-state index in [-0.39, 0.29) is 11.3 Å². The molecule has 0 spiro atoms. The normalized spacial score (nSPS) is 15.8. The van der Waals surface area contributed by atoms with Crippen molar-refractivity contribution in [1.29, 1.82) is 0 Å². The zero-order valence-corrected chi connectivity index (χ0v) is 17.3. The van der Waals surface area contributed by atoms with Gasteiger partial charge in [-0.1, -0.05) is 0 Å². The van der Waals surface area contributed by atoms with Crippen molar-refractivity contribution in [3.8, 4) is 22.9 Å². The number of hydrogen-bond acceptors (Lipinski definition) is 7. The summed E-state index contributed by atoms with van der Waals surface area (Å²) in [6.45, 7) is -1.27. The summed E-state index contributed by atoms with van der Waals surface area (Å²) in [5, 5.41) is 3.71. The van der Waals surface area contributed by atoms with E-state index in [4.69, 9.17) is 14.2 Å². The molecule has 0 N–H and O–H groups in total. The molecule has 1 amide bonds. The number of ether oxygens (including phenoxy) is 3. The highest BCUT2D eigenvalue weighted by Gasteiger charge is 2.40. The minimum Gasteiger partial charge on any atom is -0.491 e. The predicted molar refractivity (Wildman–Crippen MR) is 105 cm³/mol. The molecule has 9 nitrogen and oxygen atoms in total. The molecule has 12 heteroatoms. The van der Waals surface area contributed by atoms with Gasteiger partial charge in [-0.2, -0.15) is 18.3 Å². The second-order valence-corrected chi connectivity index (χ2v) is 6.84. The standard InChI is InChI=1S/C20H18F3N5O4/c1-30-15-6-11(7-24-17(15)31-2)14-5-4-13-16(26-14)19(32-3)28(18(13)29)12-8-25-27(9-12)10-20(21,22)23/h4-9,19H,10H2,1-3H3/t19-/m1/s1. The Labute approximate surface area is 180 Å². The SMILES string of the molecule is COc1cc(-c2ccc3c(n2)[C@@H](OC)N(c2cnn(CC(F)(F)F)c2)C3=O)cnc1OC. The highest BCUT2D eigenvalue weighted by atomic mass is 19.4. The number of hydrogen-bond donors (Lipinski definition) is 0. The third-order valence-corrected chi connectivity index (χ3v) is 4.83. The summed E-state index contributed by atoms with van der Waals surface area (Å²) >= 11 is 0. The summed E-state index contributed by atoms with van der Waals surface area (Å²) in [5.74, 6) is 0.262. The van der Waals surface area contributed by atoms with Gasteiger partial charge in [0, 0.05) is 25.1 Å². The molecule has 32 heavy (non-hydrogen) atoms. The van der Waals surface area contributed by atoms with Crippen LogP contribution < -0.4 is 14.4 Å². The molecule has 0 radical (unpaired) electrons. The first-order valence-electron chi connectivity index (χ1n) is 9.30. The summed E-state index contributed by atoms with van der Waals surface area (Å²) in [6, 6.07) is 4.92. The van der Waals surface area contributed by atoms with Gasteiger partial charge in [-0.05, 0) is 18.2 Å². The smallest absolute Gasteiger partial charge is 0.408 e. The maximum Gasteiger partial charge on any atom is 0.408 e. The lowest BCUT2D eigenvalue weighted by molar-refractivity contribution is -0.142. The van der Waals surface area contributed by atoms with Crippen LogP contribution in [0.5, 0.6) is 11.6 Å². The molecule has 1 atom stereocenters. The highest BCUT2D eigenvalue weighted by Crippen LogP contribution is 2.38. The molecule has 3 aromatic heterocycles. The summed E-state index contributed by atoms with van der Waals surface area (Å²) in [7, 11) is 4.33. The van der Waals surface area contributed by atoms with E-state index in [0.29, 0.717) is 33.3 Å². The lowest BCUT2D eigenvalue weighted by atomic mass is 10.1. The Hall–Kier alpha value is -3.67. The van der Waals surface area contributed by atoms with Gasteiger partial charge < -0.3 is 14.2 Å². The van der Waals surface area contributed by atoms with Gasteiger partial charge in [-0.25, -0.2) is 9.97 Å². The second kappa shape index (κ2) is 8.11. The van der Waals surface area contributed by atoms with Gasteiger partial charge in [0.05, 0.1) is 37.4 Å². The molecule has 0 fully saturated rings. The number of amides is 1. The Morgan fingerprint density at radius 1 is 1.12 bits per heavy atom. The maximum atomic E-state index is 13.0. The minimum atomic E-state index is -4.44. The topological polar surface area (TPSA) is 91.6 Å². The molecule has 4 heterocycles. The monoisotopic (exact) mass is 449 g/mol. The van der Waals surface area contributed by atoms with Crippen molar-refractivity contribution in [3.05, 3.63) is 48.0 Å². The molecular formula is C20H18F3N5O4. The molecule has 3 aromatic rings. The van der Waals surface area contributed by atoms with Crippen LogP contribution in [0.3, 0.4) is 0 Å². The van der Waals surface area contributed by atoms with Crippen LogP contribution in [0.4, 0.5) is 18.9 Å². The first kappa shape index (κ1) is 21.6. The molecule has 0 bridgehead atoms. The molecule has 1 aliphatic rings. The van der Waals surface area contributed by atoms with E-state index >= 15 is 0 Å². The molecule has 0 saturated carbocycles. The number of carbonyl (C=O) groups excluding carboxylic acids is 1. The number of carbonyl (C=O) groups is 1. The van der Waals surface area contributed by atoms with Crippen molar-refractivity contribution in [1.82, 2.24) is 19.7 Å². The quantitative estimate of drug-likeness (QED) is 0.571. The molecule has 0 aromatic carbocycles. The Morgan fingerprint density at radius 3 is 2.56 bits per heavy atom. The number of rotatable bonds is 6. The molecular weight excluding hydrogens is 431 g/mol. The van der Waals surface area contributed by atoms with Crippen molar-refractivity contribution in [2.45, 2.75) is 18.9 Å². The largest absolute Gasteiger partial charge is 0.491 e. The van der Waals surface area contributed by atoms with Crippen LogP contribution in [0, 0.1) is 0 Å². The van der Waals surface area contributed by atoms with Gasteiger partial charge in [0.15, 0.2) is 12.0 Å². The number of pyridine rings is 2. The van der Waals surface area contributed by atoms with Crippen LogP contribution in [-0.2, 0) is 11.3 Å². The first-order valence-corrected chi connectivity index (χ1v) is 9.30. The second-order valence-electron chi connectivity index (χ2n) is 6.84. The van der Waals surface area contributed by atoms with Crippen molar-refractivity contribution < 1.29 is 32.2 Å². The van der Waals surface area contributed by atoms with E-state index < -0.39 is 24.9 Å². The van der Waals surface area contributed by atoms with E-state index in [2.05, 4.69) is 15.1 Å². The van der Waals surface area contributed by atoms with Crippen molar-refractivity contribution in [2.24, 2.45) is 0 Å². The number of aromatic nitrogens is 4. The Kier molecular flexibility index (Phi) is 5.46. The number of fused-ring (bicyclic) bond motifs is 1. The number of anilines is 1. The number of nitrogens with zero attached hydrogens (tertiary/aromatic N) is 5. The fourth-order valence-electron chi connectivity index (χ4n) is 3.45. The van der Waals surface area contributed by atoms with Crippen molar-refractivity contribution >= 4 is 11.6 Å². The minimum absolute atomic E-state index is 0.165. The zero-order valence-electron chi connectivity index (χ0n) is 17.3. The lowest BCUT2D eigenvalue weighted by Crippen LogP contribution is -2.28. The van der Waals surface area contributed by atoms with Gasteiger partial charge in [-0.15, -0.1) is 0 Å². The van der Waals surface area contributed by atoms with Crippen molar-refractivity contribution in [2.75, 3.05) is 26.2 Å². The van der Waals surface area contributed by atoms with E-state index in [1.165, 1.54) is 32.4 Å². The number of methoxy groups -OCH3 is 3. The maximum absolute atomic E-state index is 13.0. The molecule has 0 unspecified atom stereocenters. The van der Waals surface area contributed by atoms with Crippen LogP contribution in [0.25, 0.3) is 11.3 Å². The lowest BCUT2D eigenvalue weighted by Gasteiger charge is -2.21.